The number of hydrogen-bond donors (Lipinski definition) is 0. The molecule has 0 saturated carbocycles. The molecule has 0 amide bonds. The van der Waals surface area contributed by atoms with Crippen molar-refractivity contribution in [2.45, 2.75) is 52.4 Å². The summed E-state index contributed by atoms with van der Waals surface area (Å²) < 4.78 is 51.5. The standard InChI is InChI=1S/C28H33F3N6O2/c1-17(2)37-23-20-14-18(6-8-21(20)33-34-24(23)35(5)26(37)38)19-7-9-22(32-15-19)28(31,25(29)30)39-13-12-36-11-10-27(3,4)16-36/h6-9,14-15,17,25H,10-13,16H2,1-5H3. The lowest BCUT2D eigenvalue weighted by Crippen LogP contribution is -2.37. The van der Waals surface area contributed by atoms with E-state index in [-0.39, 0.29) is 23.8 Å². The summed E-state index contributed by atoms with van der Waals surface area (Å²) in [6.07, 6.45) is -1.05. The first-order valence-electron chi connectivity index (χ1n) is 13.1. The van der Waals surface area contributed by atoms with Gasteiger partial charge in [0.15, 0.2) is 5.65 Å². The first-order valence-corrected chi connectivity index (χ1v) is 13.1. The lowest BCUT2D eigenvalue weighted by atomic mass is 9.93. The van der Waals surface area contributed by atoms with Crippen LogP contribution in [0.5, 0.6) is 0 Å². The van der Waals surface area contributed by atoms with Crippen LogP contribution in [0.3, 0.4) is 0 Å². The zero-order valence-corrected chi connectivity index (χ0v) is 22.8. The van der Waals surface area contributed by atoms with E-state index in [1.165, 1.54) is 16.8 Å². The van der Waals surface area contributed by atoms with Gasteiger partial charge in [-0.05, 0) is 56.0 Å². The number of aryl methyl sites for hydroxylation is 1. The Morgan fingerprint density at radius 2 is 1.87 bits per heavy atom. The highest BCUT2D eigenvalue weighted by atomic mass is 19.3. The number of rotatable bonds is 8. The fourth-order valence-corrected chi connectivity index (χ4v) is 5.31. The molecule has 5 rings (SSSR count). The van der Waals surface area contributed by atoms with E-state index in [1.807, 2.05) is 19.9 Å². The van der Waals surface area contributed by atoms with Gasteiger partial charge in [0.1, 0.15) is 11.2 Å². The molecule has 4 heterocycles. The van der Waals surface area contributed by atoms with Gasteiger partial charge < -0.3 is 9.64 Å². The van der Waals surface area contributed by atoms with Gasteiger partial charge in [0.2, 0.25) is 0 Å². The highest BCUT2D eigenvalue weighted by Crippen LogP contribution is 2.35. The molecule has 0 radical (unpaired) electrons. The van der Waals surface area contributed by atoms with Gasteiger partial charge in [-0.3, -0.25) is 14.1 Å². The Kier molecular flexibility index (Phi) is 7.00. The zero-order chi connectivity index (χ0) is 28.1. The number of nitrogens with zero attached hydrogens (tertiary/aromatic N) is 6. The molecule has 8 nitrogen and oxygen atoms in total. The van der Waals surface area contributed by atoms with Crippen LogP contribution >= 0.6 is 0 Å². The van der Waals surface area contributed by atoms with Crippen LogP contribution in [0.25, 0.3) is 33.2 Å². The molecular formula is C28H33F3N6O2. The molecular weight excluding hydrogens is 509 g/mol. The minimum Gasteiger partial charge on any atom is -0.335 e. The first kappa shape index (κ1) is 27.3. The van der Waals surface area contributed by atoms with Crippen molar-refractivity contribution in [1.82, 2.24) is 29.2 Å². The fourth-order valence-electron chi connectivity index (χ4n) is 5.31. The quantitative estimate of drug-likeness (QED) is 0.310. The van der Waals surface area contributed by atoms with Gasteiger partial charge in [-0.2, -0.15) is 4.39 Å². The van der Waals surface area contributed by atoms with Crippen LogP contribution in [-0.4, -0.2) is 61.9 Å². The van der Waals surface area contributed by atoms with Crippen LogP contribution in [0.2, 0.25) is 0 Å². The van der Waals surface area contributed by atoms with Crippen molar-refractivity contribution in [2.75, 3.05) is 26.2 Å². The van der Waals surface area contributed by atoms with Crippen LogP contribution < -0.4 is 5.69 Å². The summed E-state index contributed by atoms with van der Waals surface area (Å²) in [5.74, 6) is -3.31. The number of alkyl halides is 3. The predicted octanol–water partition coefficient (Wildman–Crippen LogP) is 5.06. The second kappa shape index (κ2) is 10.0. The highest BCUT2D eigenvalue weighted by molar-refractivity contribution is 6.02. The molecule has 1 unspecified atom stereocenters. The average molecular weight is 543 g/mol. The number of aromatic nitrogens is 5. The van der Waals surface area contributed by atoms with Crippen LogP contribution in [0.1, 0.15) is 45.9 Å². The smallest absolute Gasteiger partial charge is 0.330 e. The molecule has 39 heavy (non-hydrogen) atoms. The highest BCUT2D eigenvalue weighted by Gasteiger charge is 2.45. The summed E-state index contributed by atoms with van der Waals surface area (Å²) >= 11 is 0. The molecule has 1 aliphatic rings. The Morgan fingerprint density at radius 1 is 1.13 bits per heavy atom. The summed E-state index contributed by atoms with van der Waals surface area (Å²) in [6.45, 7) is 9.97. The van der Waals surface area contributed by atoms with E-state index in [2.05, 4.69) is 33.9 Å². The molecule has 3 aromatic heterocycles. The molecule has 1 aliphatic heterocycles. The summed E-state index contributed by atoms with van der Waals surface area (Å²) in [5, 5.41) is 9.21. The van der Waals surface area contributed by atoms with Crippen molar-refractivity contribution < 1.29 is 17.9 Å². The number of likely N-dealkylation sites (tertiary alicyclic amines) is 1. The van der Waals surface area contributed by atoms with Crippen molar-refractivity contribution in [3.8, 4) is 11.1 Å². The summed E-state index contributed by atoms with van der Waals surface area (Å²) in [7, 11) is 1.65. The molecule has 0 bridgehead atoms. The van der Waals surface area contributed by atoms with Crippen molar-refractivity contribution in [3.05, 3.63) is 52.7 Å². The van der Waals surface area contributed by atoms with Crippen molar-refractivity contribution in [1.29, 1.82) is 0 Å². The van der Waals surface area contributed by atoms with Crippen molar-refractivity contribution in [3.63, 3.8) is 0 Å². The second-order valence-electron chi connectivity index (χ2n) is 11.3. The molecule has 1 aromatic carbocycles. The molecule has 0 N–H and O–H groups in total. The average Bonchev–Trinajstić information content (AvgIpc) is 3.38. The third-order valence-electron chi connectivity index (χ3n) is 7.49. The second-order valence-corrected chi connectivity index (χ2v) is 11.3. The molecule has 1 atom stereocenters. The van der Waals surface area contributed by atoms with Gasteiger partial charge in [0.05, 0.1) is 12.1 Å². The van der Waals surface area contributed by atoms with Gasteiger partial charge in [0.25, 0.3) is 0 Å². The fraction of sp³-hybridized carbons (Fsp3) is 0.500. The molecule has 208 valence electrons. The largest absolute Gasteiger partial charge is 0.335 e. The zero-order valence-electron chi connectivity index (χ0n) is 22.8. The van der Waals surface area contributed by atoms with Crippen LogP contribution in [-0.2, 0) is 17.6 Å². The van der Waals surface area contributed by atoms with Crippen molar-refractivity contribution >= 4 is 22.1 Å². The number of hydrogen-bond acceptors (Lipinski definition) is 6. The number of ether oxygens (including phenoxy) is 1. The molecule has 1 saturated heterocycles. The Morgan fingerprint density at radius 3 is 2.49 bits per heavy atom. The van der Waals surface area contributed by atoms with E-state index in [0.717, 1.165) is 19.5 Å². The lowest BCUT2D eigenvalue weighted by molar-refractivity contribution is -0.233. The summed E-state index contributed by atoms with van der Waals surface area (Å²) in [5.41, 5.74) is 2.50. The Labute approximate surface area is 224 Å². The third kappa shape index (κ3) is 4.93. The number of fused-ring (bicyclic) bond motifs is 3. The monoisotopic (exact) mass is 542 g/mol. The molecule has 0 aliphatic carbocycles. The van der Waals surface area contributed by atoms with Crippen LogP contribution in [0, 0.1) is 5.41 Å². The van der Waals surface area contributed by atoms with Gasteiger partial charge in [0, 0.05) is 43.3 Å². The van der Waals surface area contributed by atoms with E-state index < -0.39 is 18.0 Å². The molecule has 11 heteroatoms. The van der Waals surface area contributed by atoms with E-state index >= 15 is 4.39 Å². The van der Waals surface area contributed by atoms with E-state index in [0.29, 0.717) is 39.7 Å². The van der Waals surface area contributed by atoms with Crippen LogP contribution in [0.15, 0.2) is 41.3 Å². The summed E-state index contributed by atoms with van der Waals surface area (Å²) in [6, 6.07) is 8.09. The maximum absolute atomic E-state index is 15.4. The predicted molar refractivity (Wildman–Crippen MR) is 143 cm³/mol. The molecule has 4 aromatic rings. The Bertz CT molecular complexity index is 1560. The van der Waals surface area contributed by atoms with Gasteiger partial charge >= 0.3 is 18.0 Å². The molecule has 0 spiro atoms. The lowest BCUT2D eigenvalue weighted by Gasteiger charge is -2.26. The van der Waals surface area contributed by atoms with Gasteiger partial charge in [-0.25, -0.2) is 13.6 Å². The Hall–Kier alpha value is -3.31. The maximum Gasteiger partial charge on any atom is 0.330 e. The minimum absolute atomic E-state index is 0.109. The third-order valence-corrected chi connectivity index (χ3v) is 7.49. The number of pyridine rings is 1. The van der Waals surface area contributed by atoms with Crippen molar-refractivity contribution in [2.24, 2.45) is 12.5 Å². The summed E-state index contributed by atoms with van der Waals surface area (Å²) in [4.78, 5) is 19.0. The maximum atomic E-state index is 15.4. The molecule has 1 fully saturated rings. The van der Waals surface area contributed by atoms with E-state index in [9.17, 15) is 13.6 Å². The number of halogens is 3. The van der Waals surface area contributed by atoms with Gasteiger partial charge in [-0.1, -0.05) is 26.0 Å². The van der Waals surface area contributed by atoms with Gasteiger partial charge in [-0.15, -0.1) is 10.2 Å². The SMILES string of the molecule is CC(C)n1c(=O)n(C)c2nnc3ccc(-c4ccc(C(F)(OCCN5CCC(C)(C)C5)C(F)F)nc4)cc3c21. The topological polar surface area (TPSA) is 78.1 Å². The number of imidazole rings is 1. The minimum atomic E-state index is -3.40. The Balaban J connectivity index is 1.43. The van der Waals surface area contributed by atoms with E-state index in [4.69, 9.17) is 4.74 Å². The van der Waals surface area contributed by atoms with E-state index in [1.54, 1.807) is 29.8 Å². The van der Waals surface area contributed by atoms with Crippen LogP contribution in [0.4, 0.5) is 13.2 Å². The first-order chi connectivity index (χ1) is 18.4. The normalized spacial score (nSPS) is 17.6. The number of benzene rings is 1.